The second-order valence-electron chi connectivity index (χ2n) is 8.00. The molecule has 0 saturated carbocycles. The molecule has 0 radical (unpaired) electrons. The van der Waals surface area contributed by atoms with Crippen LogP contribution in [-0.4, -0.2) is 66.2 Å². The van der Waals surface area contributed by atoms with E-state index in [9.17, 15) is 4.79 Å². The van der Waals surface area contributed by atoms with Crippen molar-refractivity contribution < 1.29 is 4.79 Å². The second-order valence-corrected chi connectivity index (χ2v) is 9.10. The number of benzene rings is 1. The molecule has 2 saturated heterocycles. The summed E-state index contributed by atoms with van der Waals surface area (Å²) in [6, 6.07) is 11.0. The van der Waals surface area contributed by atoms with Crippen LogP contribution in [0.25, 0.3) is 0 Å². The third-order valence-corrected chi connectivity index (χ3v) is 7.14. The lowest BCUT2D eigenvalue weighted by molar-refractivity contribution is -0.129. The number of rotatable bonds is 9. The fourth-order valence-corrected chi connectivity index (χ4v) is 5.32. The summed E-state index contributed by atoms with van der Waals surface area (Å²) >= 11 is 1.96. The minimum Gasteiger partial charge on any atom is -0.357 e. The summed E-state index contributed by atoms with van der Waals surface area (Å²) in [6.45, 7) is 9.06. The number of guanidine groups is 1. The summed E-state index contributed by atoms with van der Waals surface area (Å²) in [5.74, 6) is 3.23. The highest BCUT2D eigenvalue weighted by Gasteiger charge is 2.27. The van der Waals surface area contributed by atoms with Crippen LogP contribution in [0.1, 0.15) is 46.0 Å². The van der Waals surface area contributed by atoms with Crippen molar-refractivity contribution in [3.05, 3.63) is 30.3 Å². The zero-order valence-corrected chi connectivity index (χ0v) is 21.5. The van der Waals surface area contributed by atoms with Crippen LogP contribution in [0.2, 0.25) is 0 Å². The van der Waals surface area contributed by atoms with E-state index in [-0.39, 0.29) is 24.0 Å². The number of carbonyl (C=O) groups excluding carboxylic acids is 1. The van der Waals surface area contributed by atoms with Crippen LogP contribution >= 0.6 is 35.7 Å². The lowest BCUT2D eigenvalue weighted by atomic mass is 10.1. The van der Waals surface area contributed by atoms with Crippen molar-refractivity contribution >= 4 is 47.6 Å². The van der Waals surface area contributed by atoms with Gasteiger partial charge in [-0.1, -0.05) is 25.1 Å². The SMILES string of the molecule is CCNC(=NCCC(CC)N1CCCC1=O)N1CCC(CSc2ccccc2)C1.I. The van der Waals surface area contributed by atoms with Gasteiger partial charge in [0.2, 0.25) is 5.91 Å². The molecule has 2 fully saturated rings. The predicted octanol–water partition coefficient (Wildman–Crippen LogP) is 4.48. The topological polar surface area (TPSA) is 47.9 Å². The quantitative estimate of drug-likeness (QED) is 0.216. The number of nitrogens with one attached hydrogen (secondary N) is 1. The van der Waals surface area contributed by atoms with E-state index >= 15 is 0 Å². The van der Waals surface area contributed by atoms with Gasteiger partial charge in [0.15, 0.2) is 5.96 Å². The van der Waals surface area contributed by atoms with Gasteiger partial charge in [0, 0.05) is 55.8 Å². The van der Waals surface area contributed by atoms with Crippen molar-refractivity contribution in [2.24, 2.45) is 10.9 Å². The highest BCUT2D eigenvalue weighted by atomic mass is 127. The molecule has 1 aromatic rings. The molecule has 3 rings (SSSR count). The molecule has 0 bridgehead atoms. The van der Waals surface area contributed by atoms with Gasteiger partial charge in [-0.15, -0.1) is 35.7 Å². The zero-order chi connectivity index (χ0) is 20.5. The Bertz CT molecular complexity index is 672. The van der Waals surface area contributed by atoms with Crippen LogP contribution in [0.15, 0.2) is 40.2 Å². The van der Waals surface area contributed by atoms with Gasteiger partial charge in [0.25, 0.3) is 0 Å². The molecule has 5 nitrogen and oxygen atoms in total. The predicted molar refractivity (Wildman–Crippen MR) is 138 cm³/mol. The molecule has 2 unspecified atom stereocenters. The van der Waals surface area contributed by atoms with E-state index < -0.39 is 0 Å². The molecule has 2 atom stereocenters. The standard InChI is InChI=1S/C23H36N4OS.HI/c1-3-20(27-15-8-11-22(27)28)12-14-25-23(24-4-2)26-16-13-19(17-26)18-29-21-9-6-5-7-10-21;/h5-7,9-10,19-20H,3-4,8,11-18H2,1-2H3,(H,24,25);1H. The number of halogens is 1. The van der Waals surface area contributed by atoms with Crippen LogP contribution in [0.5, 0.6) is 0 Å². The van der Waals surface area contributed by atoms with E-state index in [4.69, 9.17) is 4.99 Å². The van der Waals surface area contributed by atoms with E-state index in [1.54, 1.807) is 0 Å². The molecule has 1 amide bonds. The number of aliphatic imine (C=N–C) groups is 1. The van der Waals surface area contributed by atoms with Crippen LogP contribution in [-0.2, 0) is 4.79 Å². The molecular weight excluding hydrogens is 507 g/mol. The number of hydrogen-bond acceptors (Lipinski definition) is 3. The van der Waals surface area contributed by atoms with Crippen LogP contribution in [0, 0.1) is 5.92 Å². The molecule has 0 aliphatic carbocycles. The molecule has 2 heterocycles. The van der Waals surface area contributed by atoms with Gasteiger partial charge in [-0.25, -0.2) is 0 Å². The largest absolute Gasteiger partial charge is 0.357 e. The molecule has 1 aromatic carbocycles. The lowest BCUT2D eigenvalue weighted by Gasteiger charge is -2.27. The Balaban J connectivity index is 0.00000320. The number of nitrogens with zero attached hydrogens (tertiary/aromatic N) is 3. The normalized spacial score (nSPS) is 20.4. The zero-order valence-electron chi connectivity index (χ0n) is 18.4. The van der Waals surface area contributed by atoms with Gasteiger partial charge < -0.3 is 15.1 Å². The number of carbonyl (C=O) groups is 1. The summed E-state index contributed by atoms with van der Waals surface area (Å²) in [4.78, 5) is 22.8. The van der Waals surface area contributed by atoms with Crippen LogP contribution in [0.4, 0.5) is 0 Å². The molecule has 0 spiro atoms. The van der Waals surface area contributed by atoms with Gasteiger partial charge in [-0.05, 0) is 50.7 Å². The van der Waals surface area contributed by atoms with Crippen molar-refractivity contribution in [2.75, 3.05) is 38.5 Å². The van der Waals surface area contributed by atoms with E-state index in [0.29, 0.717) is 17.9 Å². The molecule has 1 N–H and O–H groups in total. The van der Waals surface area contributed by atoms with Crippen molar-refractivity contribution in [3.8, 4) is 0 Å². The third kappa shape index (κ3) is 7.32. The molecule has 7 heteroatoms. The molecule has 30 heavy (non-hydrogen) atoms. The highest BCUT2D eigenvalue weighted by molar-refractivity contribution is 14.0. The van der Waals surface area contributed by atoms with Gasteiger partial charge in [0.1, 0.15) is 0 Å². The summed E-state index contributed by atoms with van der Waals surface area (Å²) in [5.41, 5.74) is 0. The number of amides is 1. The molecular formula is C23H37IN4OS. The maximum atomic E-state index is 12.1. The summed E-state index contributed by atoms with van der Waals surface area (Å²) in [6.07, 6.45) is 4.93. The van der Waals surface area contributed by atoms with Crippen LogP contribution in [0.3, 0.4) is 0 Å². The molecule has 0 aromatic heterocycles. The second kappa shape index (κ2) is 13.5. The molecule has 168 valence electrons. The Morgan fingerprint density at radius 2 is 2.07 bits per heavy atom. The van der Waals surface area contributed by atoms with Gasteiger partial charge in [-0.2, -0.15) is 0 Å². The summed E-state index contributed by atoms with van der Waals surface area (Å²) < 4.78 is 0. The maximum absolute atomic E-state index is 12.1. The monoisotopic (exact) mass is 544 g/mol. The fraction of sp³-hybridized carbons (Fsp3) is 0.652. The molecule has 2 aliphatic heterocycles. The Labute approximate surface area is 203 Å². The highest BCUT2D eigenvalue weighted by Crippen LogP contribution is 2.26. The first-order valence-corrected chi connectivity index (χ1v) is 12.2. The van der Waals surface area contributed by atoms with E-state index in [1.165, 1.54) is 11.3 Å². The van der Waals surface area contributed by atoms with Gasteiger partial charge in [-0.3, -0.25) is 9.79 Å². The van der Waals surface area contributed by atoms with E-state index in [0.717, 1.165) is 70.1 Å². The number of hydrogen-bond donors (Lipinski definition) is 1. The first kappa shape index (κ1) is 25.3. The Morgan fingerprint density at radius 3 is 2.73 bits per heavy atom. The first-order chi connectivity index (χ1) is 14.2. The first-order valence-electron chi connectivity index (χ1n) is 11.2. The third-order valence-electron chi connectivity index (χ3n) is 5.90. The van der Waals surface area contributed by atoms with Crippen molar-refractivity contribution in [1.82, 2.24) is 15.1 Å². The number of thioether (sulfide) groups is 1. The van der Waals surface area contributed by atoms with E-state index in [2.05, 4.69) is 59.3 Å². The van der Waals surface area contributed by atoms with Gasteiger partial charge >= 0.3 is 0 Å². The average Bonchev–Trinajstić information content (AvgIpc) is 3.39. The molecule has 2 aliphatic rings. The maximum Gasteiger partial charge on any atom is 0.222 e. The van der Waals surface area contributed by atoms with Crippen LogP contribution < -0.4 is 5.32 Å². The van der Waals surface area contributed by atoms with E-state index in [1.807, 2.05) is 11.8 Å². The minimum absolute atomic E-state index is 0. The van der Waals surface area contributed by atoms with Crippen molar-refractivity contribution in [1.29, 1.82) is 0 Å². The fourth-order valence-electron chi connectivity index (χ4n) is 4.27. The van der Waals surface area contributed by atoms with Crippen molar-refractivity contribution in [3.63, 3.8) is 0 Å². The smallest absolute Gasteiger partial charge is 0.222 e. The summed E-state index contributed by atoms with van der Waals surface area (Å²) in [5, 5.41) is 3.48. The Hall–Kier alpha value is -0.960. The minimum atomic E-state index is 0. The Morgan fingerprint density at radius 1 is 1.27 bits per heavy atom. The van der Waals surface area contributed by atoms with Gasteiger partial charge in [0.05, 0.1) is 0 Å². The summed E-state index contributed by atoms with van der Waals surface area (Å²) in [7, 11) is 0. The Kier molecular flexibility index (Phi) is 11.3. The average molecular weight is 545 g/mol. The number of likely N-dealkylation sites (tertiary alicyclic amines) is 2. The lowest BCUT2D eigenvalue weighted by Crippen LogP contribution is -2.41. The van der Waals surface area contributed by atoms with Crippen molar-refractivity contribution in [2.45, 2.75) is 56.9 Å².